The second-order valence-corrected chi connectivity index (χ2v) is 9.54. The highest BCUT2D eigenvalue weighted by Gasteiger charge is 2.26. The van der Waals surface area contributed by atoms with E-state index in [9.17, 15) is 23.3 Å². The van der Waals surface area contributed by atoms with E-state index in [0.717, 1.165) is 5.56 Å². The van der Waals surface area contributed by atoms with Crippen LogP contribution in [0.1, 0.15) is 28.8 Å². The van der Waals surface area contributed by atoms with Crippen LogP contribution in [0.2, 0.25) is 5.02 Å². The first-order chi connectivity index (χ1) is 13.7. The molecule has 154 valence electrons. The minimum Gasteiger partial charge on any atom is -0.375 e. The smallest absolute Gasteiger partial charge is 0.293 e. The van der Waals surface area contributed by atoms with E-state index in [0.29, 0.717) is 24.4 Å². The van der Waals surface area contributed by atoms with Crippen molar-refractivity contribution in [2.45, 2.75) is 25.4 Å². The maximum absolute atomic E-state index is 12.5. The zero-order valence-electron chi connectivity index (χ0n) is 15.4. The first-order valence-electron chi connectivity index (χ1n) is 9.02. The Morgan fingerprint density at radius 2 is 1.86 bits per heavy atom. The van der Waals surface area contributed by atoms with E-state index in [1.54, 1.807) is 12.1 Å². The van der Waals surface area contributed by atoms with Crippen molar-refractivity contribution >= 4 is 38.7 Å². The predicted octanol–water partition coefficient (Wildman–Crippen LogP) is 3.17. The summed E-state index contributed by atoms with van der Waals surface area (Å²) < 4.78 is 23.0. The molecule has 0 atom stereocenters. The van der Waals surface area contributed by atoms with Crippen molar-refractivity contribution in [2.75, 3.05) is 16.8 Å². The van der Waals surface area contributed by atoms with Crippen LogP contribution >= 0.6 is 11.6 Å². The number of nitrogens with one attached hydrogen (secondary N) is 2. The van der Waals surface area contributed by atoms with Gasteiger partial charge in [-0.1, -0.05) is 29.8 Å². The van der Waals surface area contributed by atoms with E-state index in [2.05, 4.69) is 10.6 Å². The van der Waals surface area contributed by atoms with Crippen LogP contribution < -0.4 is 10.6 Å². The summed E-state index contributed by atoms with van der Waals surface area (Å²) in [7, 11) is -3.03. The molecule has 29 heavy (non-hydrogen) atoms. The number of hydrogen-bond donors (Lipinski definition) is 2. The lowest BCUT2D eigenvalue weighted by molar-refractivity contribution is -0.384. The Labute approximate surface area is 173 Å². The fraction of sp³-hybridized carbons (Fsp3) is 0.316. The van der Waals surface area contributed by atoms with Gasteiger partial charge >= 0.3 is 0 Å². The second-order valence-electron chi connectivity index (χ2n) is 6.83. The van der Waals surface area contributed by atoms with Gasteiger partial charge in [0.15, 0.2) is 0 Å². The summed E-state index contributed by atoms with van der Waals surface area (Å²) in [5.41, 5.74) is 0.983. The molecule has 0 aliphatic carbocycles. The molecule has 0 unspecified atom stereocenters. The topological polar surface area (TPSA) is 118 Å². The lowest BCUT2D eigenvalue weighted by atomic mass is 10.1. The number of carbonyl (C=O) groups excluding carboxylic acids is 1. The van der Waals surface area contributed by atoms with Crippen LogP contribution in [0, 0.1) is 10.1 Å². The molecule has 1 aliphatic heterocycles. The maximum atomic E-state index is 12.5. The molecular weight excluding hydrogens is 418 g/mol. The molecule has 1 aliphatic rings. The zero-order chi connectivity index (χ0) is 21.0. The number of anilines is 1. The number of amides is 1. The van der Waals surface area contributed by atoms with Crippen molar-refractivity contribution in [2.24, 2.45) is 0 Å². The van der Waals surface area contributed by atoms with Gasteiger partial charge < -0.3 is 10.6 Å². The molecule has 0 aromatic heterocycles. The van der Waals surface area contributed by atoms with E-state index >= 15 is 0 Å². The Balaban J connectivity index is 1.71. The highest BCUT2D eigenvalue weighted by molar-refractivity contribution is 7.91. The predicted molar refractivity (Wildman–Crippen MR) is 111 cm³/mol. The Kier molecular flexibility index (Phi) is 6.39. The standard InChI is InChI=1S/C19H20ClN3O5S/c20-16-4-2-1-3-14(16)12-21-17-6-5-13(11-18(17)23(25)26)19(24)22-15-7-9-29(27,28)10-8-15/h1-6,11,15,21H,7-10,12H2,(H,22,24). The number of nitrogens with zero attached hydrogens (tertiary/aromatic N) is 1. The number of carbonyl (C=O) groups is 1. The van der Waals surface area contributed by atoms with Gasteiger partial charge in [0, 0.05) is 29.2 Å². The van der Waals surface area contributed by atoms with Gasteiger partial charge in [0.1, 0.15) is 15.5 Å². The SMILES string of the molecule is O=C(NC1CCS(=O)(=O)CC1)c1ccc(NCc2ccccc2Cl)c([N+](=O)[O-])c1. The van der Waals surface area contributed by atoms with E-state index in [-0.39, 0.29) is 34.5 Å². The van der Waals surface area contributed by atoms with Crippen LogP contribution in [0.15, 0.2) is 42.5 Å². The number of nitro benzene ring substituents is 1. The Bertz CT molecular complexity index is 1030. The molecular formula is C19H20ClN3O5S. The van der Waals surface area contributed by atoms with Crippen LogP contribution in [0.4, 0.5) is 11.4 Å². The van der Waals surface area contributed by atoms with Crippen molar-refractivity contribution in [3.63, 3.8) is 0 Å². The van der Waals surface area contributed by atoms with Gasteiger partial charge in [-0.3, -0.25) is 14.9 Å². The molecule has 8 nitrogen and oxygen atoms in total. The first-order valence-corrected chi connectivity index (χ1v) is 11.2. The number of benzene rings is 2. The highest BCUT2D eigenvalue weighted by Crippen LogP contribution is 2.27. The van der Waals surface area contributed by atoms with Crippen molar-refractivity contribution in [1.29, 1.82) is 0 Å². The summed E-state index contributed by atoms with van der Waals surface area (Å²) in [5, 5.41) is 17.8. The van der Waals surface area contributed by atoms with E-state index in [1.165, 1.54) is 18.2 Å². The second kappa shape index (κ2) is 8.79. The zero-order valence-corrected chi connectivity index (χ0v) is 17.0. The van der Waals surface area contributed by atoms with Gasteiger partial charge in [-0.15, -0.1) is 0 Å². The summed E-state index contributed by atoms with van der Waals surface area (Å²) in [6.07, 6.45) is 0.682. The maximum Gasteiger partial charge on any atom is 0.293 e. The molecule has 0 radical (unpaired) electrons. The average Bonchev–Trinajstić information content (AvgIpc) is 2.68. The molecule has 10 heteroatoms. The fourth-order valence-electron chi connectivity index (χ4n) is 3.11. The van der Waals surface area contributed by atoms with Crippen LogP contribution in [-0.2, 0) is 16.4 Å². The van der Waals surface area contributed by atoms with Crippen LogP contribution in [0.25, 0.3) is 0 Å². The Morgan fingerprint density at radius 3 is 2.52 bits per heavy atom. The van der Waals surface area contributed by atoms with E-state index < -0.39 is 20.7 Å². The summed E-state index contributed by atoms with van der Waals surface area (Å²) in [6, 6.07) is 11.1. The molecule has 2 N–H and O–H groups in total. The number of rotatable bonds is 6. The summed E-state index contributed by atoms with van der Waals surface area (Å²) in [5.74, 6) is -0.401. The third-order valence-corrected chi connectivity index (χ3v) is 6.86. The van der Waals surface area contributed by atoms with Gasteiger partial charge in [0.2, 0.25) is 0 Å². The quantitative estimate of drug-likeness (QED) is 0.529. The van der Waals surface area contributed by atoms with Crippen LogP contribution in [0.5, 0.6) is 0 Å². The highest BCUT2D eigenvalue weighted by atomic mass is 35.5. The van der Waals surface area contributed by atoms with E-state index in [1.807, 2.05) is 12.1 Å². The largest absolute Gasteiger partial charge is 0.375 e. The number of hydrogen-bond acceptors (Lipinski definition) is 6. The molecule has 0 spiro atoms. The minimum atomic E-state index is -3.03. The van der Waals surface area contributed by atoms with Crippen molar-refractivity contribution in [3.8, 4) is 0 Å². The molecule has 2 aromatic rings. The molecule has 1 amide bonds. The molecule has 0 saturated carbocycles. The van der Waals surface area contributed by atoms with Crippen molar-refractivity contribution in [3.05, 3.63) is 68.7 Å². The minimum absolute atomic E-state index is 0.0308. The van der Waals surface area contributed by atoms with Gasteiger partial charge in [-0.25, -0.2) is 8.42 Å². The van der Waals surface area contributed by atoms with Crippen LogP contribution in [0.3, 0.4) is 0 Å². The lowest BCUT2D eigenvalue weighted by Gasteiger charge is -2.23. The Hall–Kier alpha value is -2.65. The summed E-state index contributed by atoms with van der Waals surface area (Å²) in [4.78, 5) is 23.4. The molecule has 2 aromatic carbocycles. The van der Waals surface area contributed by atoms with Crippen molar-refractivity contribution in [1.82, 2.24) is 5.32 Å². The molecule has 0 bridgehead atoms. The molecule has 1 heterocycles. The van der Waals surface area contributed by atoms with Gasteiger partial charge in [0.05, 0.1) is 16.4 Å². The van der Waals surface area contributed by atoms with E-state index in [4.69, 9.17) is 11.6 Å². The summed E-state index contributed by atoms with van der Waals surface area (Å²) in [6.45, 7) is 0.294. The van der Waals surface area contributed by atoms with Gasteiger partial charge in [0.25, 0.3) is 11.6 Å². The molecule has 1 saturated heterocycles. The normalized spacial score (nSPS) is 16.2. The molecule has 1 fully saturated rings. The Morgan fingerprint density at radius 1 is 1.17 bits per heavy atom. The lowest BCUT2D eigenvalue weighted by Crippen LogP contribution is -2.40. The number of nitro groups is 1. The fourth-order valence-corrected chi connectivity index (χ4v) is 4.80. The van der Waals surface area contributed by atoms with Crippen LogP contribution in [-0.4, -0.2) is 36.8 Å². The molecule has 3 rings (SSSR count). The third-order valence-electron chi connectivity index (χ3n) is 4.77. The van der Waals surface area contributed by atoms with Crippen molar-refractivity contribution < 1.29 is 18.1 Å². The van der Waals surface area contributed by atoms with Gasteiger partial charge in [-0.2, -0.15) is 0 Å². The number of halogens is 1. The van der Waals surface area contributed by atoms with Gasteiger partial charge in [-0.05, 0) is 36.6 Å². The summed E-state index contributed by atoms with van der Waals surface area (Å²) >= 11 is 6.11. The monoisotopic (exact) mass is 437 g/mol. The third kappa shape index (κ3) is 5.45. The number of sulfone groups is 1. The average molecular weight is 438 g/mol. The first kappa shape index (κ1) is 21.1.